The van der Waals surface area contributed by atoms with Crippen molar-refractivity contribution < 1.29 is 4.79 Å². The van der Waals surface area contributed by atoms with Crippen LogP contribution >= 0.6 is 0 Å². The summed E-state index contributed by atoms with van der Waals surface area (Å²) in [6.07, 6.45) is 9.63. The minimum atomic E-state index is 0.0589. The van der Waals surface area contributed by atoms with Gasteiger partial charge in [0.25, 0.3) is 0 Å². The van der Waals surface area contributed by atoms with Crippen molar-refractivity contribution in [3.8, 4) is 0 Å². The van der Waals surface area contributed by atoms with Gasteiger partial charge in [0.05, 0.1) is 0 Å². The van der Waals surface area contributed by atoms with Crippen LogP contribution in [0.3, 0.4) is 0 Å². The van der Waals surface area contributed by atoms with Gasteiger partial charge in [-0.2, -0.15) is 0 Å². The van der Waals surface area contributed by atoms with Gasteiger partial charge in [0, 0.05) is 25.6 Å². The molecule has 0 radical (unpaired) electrons. The molecule has 0 saturated carbocycles. The van der Waals surface area contributed by atoms with Crippen molar-refractivity contribution in [1.82, 2.24) is 10.2 Å². The van der Waals surface area contributed by atoms with E-state index < -0.39 is 0 Å². The largest absolute Gasteiger partial charge is 0.341 e. The number of carbonyl (C=O) groups is 1. The van der Waals surface area contributed by atoms with Gasteiger partial charge in [0.15, 0.2) is 0 Å². The lowest BCUT2D eigenvalue weighted by atomic mass is 10.1. The fraction of sp³-hybridized carbons (Fsp3) is 0.933. The summed E-state index contributed by atoms with van der Waals surface area (Å²) in [4.78, 5) is 13.4. The number of likely N-dealkylation sites (tertiary alicyclic amines) is 1. The number of nitrogens with two attached hydrogens (primary N) is 1. The molecular weight excluding hydrogens is 238 g/mol. The minimum absolute atomic E-state index is 0.0589. The zero-order valence-corrected chi connectivity index (χ0v) is 12.5. The Kier molecular flexibility index (Phi) is 8.84. The highest BCUT2D eigenvalue weighted by atomic mass is 16.2. The highest BCUT2D eigenvalue weighted by Crippen LogP contribution is 2.09. The molecule has 112 valence electrons. The molecule has 1 heterocycles. The molecule has 0 aromatic rings. The van der Waals surface area contributed by atoms with Crippen LogP contribution in [0.2, 0.25) is 0 Å². The van der Waals surface area contributed by atoms with Crippen molar-refractivity contribution in [2.75, 3.05) is 26.2 Å². The Labute approximate surface area is 118 Å². The van der Waals surface area contributed by atoms with Crippen LogP contribution in [-0.2, 0) is 4.79 Å². The first-order valence-electron chi connectivity index (χ1n) is 7.98. The van der Waals surface area contributed by atoms with Crippen LogP contribution in [0.1, 0.15) is 58.3 Å². The van der Waals surface area contributed by atoms with Gasteiger partial charge in [-0.25, -0.2) is 0 Å². The van der Waals surface area contributed by atoms with Gasteiger partial charge in [0.2, 0.25) is 5.91 Å². The number of hydrogen-bond acceptors (Lipinski definition) is 3. The summed E-state index contributed by atoms with van der Waals surface area (Å²) in [6.45, 7) is 5.97. The van der Waals surface area contributed by atoms with Gasteiger partial charge in [0.1, 0.15) is 0 Å². The summed E-state index contributed by atoms with van der Waals surface area (Å²) in [5.41, 5.74) is 5.76. The van der Waals surface area contributed by atoms with Crippen LogP contribution in [-0.4, -0.2) is 43.0 Å². The van der Waals surface area contributed by atoms with E-state index in [1.54, 1.807) is 0 Å². The highest BCUT2D eigenvalue weighted by molar-refractivity contribution is 5.79. The molecular formula is C15H31N3O. The number of carbonyl (C=O) groups excluding carboxylic acids is 1. The summed E-state index contributed by atoms with van der Waals surface area (Å²) >= 11 is 0. The van der Waals surface area contributed by atoms with E-state index in [2.05, 4.69) is 12.2 Å². The molecule has 0 aromatic heterocycles. The average molecular weight is 269 g/mol. The Morgan fingerprint density at radius 3 is 2.53 bits per heavy atom. The number of nitrogens with one attached hydrogen (secondary N) is 1. The third kappa shape index (κ3) is 7.53. The molecule has 1 fully saturated rings. The quantitative estimate of drug-likeness (QED) is 0.563. The van der Waals surface area contributed by atoms with Gasteiger partial charge in [-0.15, -0.1) is 0 Å². The van der Waals surface area contributed by atoms with Crippen LogP contribution in [0.4, 0.5) is 0 Å². The van der Waals surface area contributed by atoms with Crippen LogP contribution < -0.4 is 11.1 Å². The van der Waals surface area contributed by atoms with Crippen LogP contribution in [0.25, 0.3) is 0 Å². The first kappa shape index (κ1) is 16.4. The molecule has 1 amide bonds. The monoisotopic (exact) mass is 269 g/mol. The minimum Gasteiger partial charge on any atom is -0.341 e. The molecule has 0 aliphatic carbocycles. The smallest absolute Gasteiger partial charge is 0.224 e. The lowest BCUT2D eigenvalue weighted by molar-refractivity contribution is -0.127. The highest BCUT2D eigenvalue weighted by Gasteiger charge is 2.25. The molecule has 0 spiro atoms. The Morgan fingerprint density at radius 2 is 1.84 bits per heavy atom. The normalized spacial score (nSPS) is 19.4. The summed E-state index contributed by atoms with van der Waals surface area (Å²) in [7, 11) is 0. The predicted octanol–water partition coefficient (Wildman–Crippen LogP) is 1.89. The molecule has 19 heavy (non-hydrogen) atoms. The Hall–Kier alpha value is -0.610. The van der Waals surface area contributed by atoms with E-state index in [1.165, 1.54) is 38.5 Å². The molecule has 4 nitrogen and oxygen atoms in total. The number of rotatable bonds is 11. The number of nitrogens with zero attached hydrogens (tertiary/aromatic N) is 1. The fourth-order valence-electron chi connectivity index (χ4n) is 2.57. The van der Waals surface area contributed by atoms with Gasteiger partial charge < -0.3 is 16.0 Å². The molecule has 4 heteroatoms. The SMILES string of the molecule is CCCCCCCCNCCCN1CC(N)CC1=O. The molecule has 0 bridgehead atoms. The fourth-order valence-corrected chi connectivity index (χ4v) is 2.57. The number of amides is 1. The van der Waals surface area contributed by atoms with Crippen LogP contribution in [0.15, 0.2) is 0 Å². The van der Waals surface area contributed by atoms with E-state index >= 15 is 0 Å². The molecule has 0 aromatic carbocycles. The molecule has 1 aliphatic rings. The van der Waals surface area contributed by atoms with Crippen molar-refractivity contribution in [3.05, 3.63) is 0 Å². The maximum Gasteiger partial charge on any atom is 0.224 e. The predicted molar refractivity (Wildman–Crippen MR) is 80.0 cm³/mol. The Balaban J connectivity index is 1.82. The first-order valence-corrected chi connectivity index (χ1v) is 7.98. The molecule has 3 N–H and O–H groups in total. The van der Waals surface area contributed by atoms with Crippen molar-refractivity contribution in [3.63, 3.8) is 0 Å². The second-order valence-electron chi connectivity index (χ2n) is 5.68. The topological polar surface area (TPSA) is 58.4 Å². The van der Waals surface area contributed by atoms with E-state index in [4.69, 9.17) is 5.73 Å². The second kappa shape index (κ2) is 10.2. The van der Waals surface area contributed by atoms with Gasteiger partial charge >= 0.3 is 0 Å². The Bertz CT molecular complexity index is 246. The summed E-state index contributed by atoms with van der Waals surface area (Å²) in [5, 5.41) is 3.46. The molecule has 1 saturated heterocycles. The Morgan fingerprint density at radius 1 is 1.16 bits per heavy atom. The van der Waals surface area contributed by atoms with E-state index in [-0.39, 0.29) is 11.9 Å². The zero-order valence-electron chi connectivity index (χ0n) is 12.5. The van der Waals surface area contributed by atoms with Crippen molar-refractivity contribution in [2.45, 2.75) is 64.3 Å². The lowest BCUT2D eigenvalue weighted by Gasteiger charge is -2.15. The maximum atomic E-state index is 11.5. The maximum absolute atomic E-state index is 11.5. The van der Waals surface area contributed by atoms with Gasteiger partial charge in [-0.3, -0.25) is 4.79 Å². The third-order valence-corrected chi connectivity index (χ3v) is 3.73. The van der Waals surface area contributed by atoms with E-state index in [0.717, 1.165) is 32.6 Å². The molecule has 1 atom stereocenters. The van der Waals surface area contributed by atoms with E-state index in [9.17, 15) is 4.79 Å². The standard InChI is InChI=1S/C15H31N3O/c1-2-3-4-5-6-7-9-17-10-8-11-18-13-14(16)12-15(18)19/h14,17H,2-13,16H2,1H3. The van der Waals surface area contributed by atoms with Crippen molar-refractivity contribution >= 4 is 5.91 Å². The molecule has 1 aliphatic heterocycles. The van der Waals surface area contributed by atoms with Gasteiger partial charge in [-0.05, 0) is 25.9 Å². The van der Waals surface area contributed by atoms with E-state index in [1.807, 2.05) is 4.90 Å². The number of unbranched alkanes of at least 4 members (excludes halogenated alkanes) is 5. The summed E-state index contributed by atoms with van der Waals surface area (Å²) in [5.74, 6) is 0.225. The average Bonchev–Trinajstić information content (AvgIpc) is 2.70. The molecule has 1 rings (SSSR count). The first-order chi connectivity index (χ1) is 9.24. The van der Waals surface area contributed by atoms with Gasteiger partial charge in [-0.1, -0.05) is 39.0 Å². The third-order valence-electron chi connectivity index (χ3n) is 3.73. The lowest BCUT2D eigenvalue weighted by Crippen LogP contribution is -2.31. The summed E-state index contributed by atoms with van der Waals surface area (Å²) in [6, 6.07) is 0.0589. The van der Waals surface area contributed by atoms with E-state index in [0.29, 0.717) is 6.42 Å². The molecule has 1 unspecified atom stereocenters. The van der Waals surface area contributed by atoms with Crippen LogP contribution in [0.5, 0.6) is 0 Å². The number of hydrogen-bond donors (Lipinski definition) is 2. The zero-order chi connectivity index (χ0) is 13.9. The van der Waals surface area contributed by atoms with Crippen LogP contribution in [0, 0.1) is 0 Å². The van der Waals surface area contributed by atoms with Crippen molar-refractivity contribution in [1.29, 1.82) is 0 Å². The summed E-state index contributed by atoms with van der Waals surface area (Å²) < 4.78 is 0. The van der Waals surface area contributed by atoms with Crippen molar-refractivity contribution in [2.24, 2.45) is 5.73 Å². The second-order valence-corrected chi connectivity index (χ2v) is 5.68.